The monoisotopic (exact) mass is 156 g/mol. The fraction of sp³-hybridized carbons (Fsp3) is 0.600. The number of Topliss-reactive ketones (excluding diaryl/α,β-unsaturated/α-hetero) is 2. The maximum Gasteiger partial charge on any atom is 1.00 e. The Bertz CT molecular complexity index is 86.6. The standard InChI is InChI=1S/C5H8O2.Fe/c1-4(6)3-5(2)7;/h3H2,1-2H3;/q;+1. The zero-order chi connectivity index (χ0) is 5.86. The second kappa shape index (κ2) is 5.01. The Kier molecular flexibility index (Phi) is 6.74. The first-order chi connectivity index (χ1) is 3.13. The van der Waals surface area contributed by atoms with Crippen molar-refractivity contribution in [3.63, 3.8) is 0 Å². The van der Waals surface area contributed by atoms with E-state index in [-0.39, 0.29) is 35.1 Å². The summed E-state index contributed by atoms with van der Waals surface area (Å²) in [4.78, 5) is 20.1. The van der Waals surface area contributed by atoms with Crippen molar-refractivity contribution in [2.45, 2.75) is 20.3 Å². The second-order valence-corrected chi connectivity index (χ2v) is 1.58. The molecule has 0 aliphatic carbocycles. The van der Waals surface area contributed by atoms with Crippen molar-refractivity contribution < 1.29 is 26.7 Å². The molecule has 0 amide bonds. The number of ketones is 2. The summed E-state index contributed by atoms with van der Waals surface area (Å²) >= 11 is 0. The normalized spacial score (nSPS) is 7.25. The SMILES string of the molecule is CC(=O)CC(C)=O.[Fe+]. The summed E-state index contributed by atoms with van der Waals surface area (Å²) in [6, 6.07) is 0. The molecule has 0 atom stereocenters. The Labute approximate surface area is 59.1 Å². The van der Waals surface area contributed by atoms with Gasteiger partial charge < -0.3 is 0 Å². The van der Waals surface area contributed by atoms with Gasteiger partial charge in [-0.2, -0.15) is 0 Å². The minimum atomic E-state index is -0.0625. The van der Waals surface area contributed by atoms with Gasteiger partial charge in [0.15, 0.2) is 0 Å². The molecule has 0 aliphatic heterocycles. The fourth-order valence-corrected chi connectivity index (χ4v) is 0.351. The Morgan fingerprint density at radius 2 is 1.38 bits per heavy atom. The van der Waals surface area contributed by atoms with Crippen molar-refractivity contribution in [2.24, 2.45) is 0 Å². The molecule has 47 valence electrons. The summed E-state index contributed by atoms with van der Waals surface area (Å²) < 4.78 is 0. The molecule has 0 saturated heterocycles. The molecule has 0 aromatic carbocycles. The zero-order valence-corrected chi connectivity index (χ0v) is 5.98. The molecular weight excluding hydrogens is 148 g/mol. The quantitative estimate of drug-likeness (QED) is 0.432. The van der Waals surface area contributed by atoms with Gasteiger partial charge in [-0.15, -0.1) is 0 Å². The molecule has 0 aromatic rings. The van der Waals surface area contributed by atoms with Gasteiger partial charge in [-0.1, -0.05) is 0 Å². The van der Waals surface area contributed by atoms with E-state index in [2.05, 4.69) is 0 Å². The average molecular weight is 156 g/mol. The van der Waals surface area contributed by atoms with Gasteiger partial charge in [-0.05, 0) is 13.8 Å². The smallest absolute Gasteiger partial charge is 0.300 e. The van der Waals surface area contributed by atoms with Gasteiger partial charge in [0.2, 0.25) is 0 Å². The van der Waals surface area contributed by atoms with Crippen LogP contribution >= 0.6 is 0 Å². The summed E-state index contributed by atoms with van der Waals surface area (Å²) in [6.07, 6.45) is 0.0833. The van der Waals surface area contributed by atoms with Crippen LogP contribution in [0.1, 0.15) is 20.3 Å². The van der Waals surface area contributed by atoms with Crippen LogP contribution in [0.15, 0.2) is 0 Å². The van der Waals surface area contributed by atoms with E-state index in [1.54, 1.807) is 0 Å². The van der Waals surface area contributed by atoms with Crippen molar-refractivity contribution in [3.05, 3.63) is 0 Å². The summed E-state index contributed by atoms with van der Waals surface area (Å²) in [7, 11) is 0. The Morgan fingerprint density at radius 1 is 1.12 bits per heavy atom. The van der Waals surface area contributed by atoms with E-state index in [0.29, 0.717) is 0 Å². The van der Waals surface area contributed by atoms with Crippen LogP contribution in [-0.4, -0.2) is 11.6 Å². The number of hydrogen-bond donors (Lipinski definition) is 0. The van der Waals surface area contributed by atoms with E-state index in [0.717, 1.165) is 0 Å². The van der Waals surface area contributed by atoms with Crippen LogP contribution in [0, 0.1) is 0 Å². The van der Waals surface area contributed by atoms with Gasteiger partial charge in [-0.25, -0.2) is 0 Å². The Hall–Kier alpha value is -0.141. The van der Waals surface area contributed by atoms with Crippen molar-refractivity contribution in [1.82, 2.24) is 0 Å². The molecule has 0 saturated carbocycles. The first-order valence-corrected chi connectivity index (χ1v) is 2.12. The molecule has 0 fully saturated rings. The van der Waals surface area contributed by atoms with Crippen LogP contribution in [0.2, 0.25) is 0 Å². The van der Waals surface area contributed by atoms with E-state index in [1.807, 2.05) is 0 Å². The third-order valence-corrected chi connectivity index (χ3v) is 0.498. The van der Waals surface area contributed by atoms with E-state index in [1.165, 1.54) is 13.8 Å². The zero-order valence-electron chi connectivity index (χ0n) is 4.88. The molecule has 2 nitrogen and oxygen atoms in total. The molecule has 0 heterocycles. The van der Waals surface area contributed by atoms with E-state index >= 15 is 0 Å². The largest absolute Gasteiger partial charge is 1.00 e. The fourth-order valence-electron chi connectivity index (χ4n) is 0.351. The summed E-state index contributed by atoms with van der Waals surface area (Å²) in [5.41, 5.74) is 0. The Morgan fingerprint density at radius 3 is 1.38 bits per heavy atom. The Balaban J connectivity index is 0. The van der Waals surface area contributed by atoms with Gasteiger partial charge in [0.05, 0.1) is 6.42 Å². The van der Waals surface area contributed by atoms with Crippen molar-refractivity contribution in [1.29, 1.82) is 0 Å². The minimum absolute atomic E-state index is 0. The predicted octanol–water partition coefficient (Wildman–Crippen LogP) is 0.552. The summed E-state index contributed by atoms with van der Waals surface area (Å²) in [5, 5.41) is 0. The maximum absolute atomic E-state index is 10.0. The minimum Gasteiger partial charge on any atom is -0.300 e. The van der Waals surface area contributed by atoms with Crippen LogP contribution in [0.5, 0.6) is 0 Å². The first kappa shape index (κ1) is 10.8. The van der Waals surface area contributed by atoms with Gasteiger partial charge >= 0.3 is 17.1 Å². The van der Waals surface area contributed by atoms with Gasteiger partial charge in [0, 0.05) is 0 Å². The average Bonchev–Trinajstić information content (AvgIpc) is 1.27. The van der Waals surface area contributed by atoms with Crippen LogP contribution in [0.25, 0.3) is 0 Å². The molecule has 3 heteroatoms. The van der Waals surface area contributed by atoms with Gasteiger partial charge in [0.1, 0.15) is 11.6 Å². The van der Waals surface area contributed by atoms with Crippen LogP contribution in [-0.2, 0) is 26.7 Å². The predicted molar refractivity (Wildman–Crippen MR) is 26.0 cm³/mol. The molecule has 0 aromatic heterocycles. The molecule has 1 radical (unpaired) electrons. The van der Waals surface area contributed by atoms with Crippen LogP contribution in [0.3, 0.4) is 0 Å². The maximum atomic E-state index is 10.0. The van der Waals surface area contributed by atoms with Gasteiger partial charge in [0.25, 0.3) is 0 Å². The van der Waals surface area contributed by atoms with Gasteiger partial charge in [-0.3, -0.25) is 9.59 Å². The number of rotatable bonds is 2. The molecule has 0 N–H and O–H groups in total. The third kappa shape index (κ3) is 9.29. The van der Waals surface area contributed by atoms with E-state index in [4.69, 9.17) is 0 Å². The van der Waals surface area contributed by atoms with Crippen LogP contribution in [0.4, 0.5) is 0 Å². The van der Waals surface area contributed by atoms with E-state index in [9.17, 15) is 9.59 Å². The molecule has 0 rings (SSSR count). The number of hydrogen-bond acceptors (Lipinski definition) is 2. The molecule has 0 bridgehead atoms. The van der Waals surface area contributed by atoms with Crippen molar-refractivity contribution in [3.8, 4) is 0 Å². The first-order valence-electron chi connectivity index (χ1n) is 2.12. The summed E-state index contributed by atoms with van der Waals surface area (Å²) in [6.45, 7) is 2.81. The summed E-state index contributed by atoms with van der Waals surface area (Å²) in [5.74, 6) is -0.125. The molecule has 0 spiro atoms. The van der Waals surface area contributed by atoms with E-state index < -0.39 is 0 Å². The van der Waals surface area contributed by atoms with Crippen molar-refractivity contribution in [2.75, 3.05) is 0 Å². The molecule has 0 aliphatic rings. The number of carbonyl (C=O) groups excluding carboxylic acids is 2. The van der Waals surface area contributed by atoms with Crippen LogP contribution < -0.4 is 0 Å². The number of carbonyl (C=O) groups is 2. The third-order valence-electron chi connectivity index (χ3n) is 0.498. The molecular formula is C5H8FeO2+. The molecule has 8 heavy (non-hydrogen) atoms. The van der Waals surface area contributed by atoms with Crippen molar-refractivity contribution >= 4 is 11.6 Å². The second-order valence-electron chi connectivity index (χ2n) is 1.58. The molecule has 0 unspecified atom stereocenters. The topological polar surface area (TPSA) is 34.1 Å².